The summed E-state index contributed by atoms with van der Waals surface area (Å²) < 4.78 is 5.12. The summed E-state index contributed by atoms with van der Waals surface area (Å²) in [6.07, 6.45) is 0.176. The monoisotopic (exact) mass is 312 g/mol. The number of thiazole rings is 1. The lowest BCUT2D eigenvalue weighted by Gasteiger charge is -2.19. The molecule has 118 valence electrons. The maximum atomic E-state index is 11.8. The normalized spacial score (nSPS) is 12.1. The molecule has 0 radical (unpaired) electrons. The summed E-state index contributed by atoms with van der Waals surface area (Å²) in [5.74, 6) is -0.670. The van der Waals surface area contributed by atoms with Gasteiger partial charge in [0.2, 0.25) is 5.91 Å². The lowest BCUT2D eigenvalue weighted by molar-refractivity contribution is -0.154. The number of amides is 1. The summed E-state index contributed by atoms with van der Waals surface area (Å²) >= 11 is 1.55. The number of hydrogen-bond donors (Lipinski definition) is 1. The number of esters is 1. The van der Waals surface area contributed by atoms with Crippen LogP contribution in [0.5, 0.6) is 0 Å². The fraction of sp³-hybridized carbons (Fsp3) is 0.667. The number of nitrogens with one attached hydrogen (secondary N) is 1. The van der Waals surface area contributed by atoms with Crippen molar-refractivity contribution in [1.82, 2.24) is 10.3 Å². The molecule has 0 aliphatic heterocycles. The predicted molar refractivity (Wildman–Crippen MR) is 83.4 cm³/mol. The van der Waals surface area contributed by atoms with Crippen LogP contribution in [0, 0.1) is 0 Å². The van der Waals surface area contributed by atoms with Gasteiger partial charge in [-0.15, -0.1) is 11.3 Å². The van der Waals surface area contributed by atoms with E-state index in [4.69, 9.17) is 4.74 Å². The van der Waals surface area contributed by atoms with Crippen LogP contribution < -0.4 is 5.32 Å². The maximum absolute atomic E-state index is 11.8. The van der Waals surface area contributed by atoms with Crippen molar-refractivity contribution < 1.29 is 14.3 Å². The van der Waals surface area contributed by atoms with Crippen molar-refractivity contribution in [2.45, 2.75) is 59.0 Å². The van der Waals surface area contributed by atoms with Gasteiger partial charge in [-0.1, -0.05) is 20.8 Å². The minimum Gasteiger partial charge on any atom is -0.459 e. The molecule has 1 aromatic heterocycles. The highest BCUT2D eigenvalue weighted by molar-refractivity contribution is 7.09. The molecule has 1 amide bonds. The third-order valence-corrected chi connectivity index (χ3v) is 3.70. The molecule has 0 spiro atoms. The molecule has 0 saturated heterocycles. The zero-order chi connectivity index (χ0) is 16.3. The molecule has 0 bridgehead atoms. The van der Waals surface area contributed by atoms with Gasteiger partial charge in [-0.3, -0.25) is 9.59 Å². The first-order valence-corrected chi connectivity index (χ1v) is 7.79. The van der Waals surface area contributed by atoms with Crippen molar-refractivity contribution in [3.63, 3.8) is 0 Å². The Labute approximate surface area is 130 Å². The number of ether oxygens (including phenoxy) is 1. The molecular weight excluding hydrogens is 288 g/mol. The van der Waals surface area contributed by atoms with Crippen LogP contribution in [-0.2, 0) is 26.2 Å². The molecule has 0 fully saturated rings. The number of aromatic nitrogens is 1. The zero-order valence-corrected chi connectivity index (χ0v) is 14.4. The van der Waals surface area contributed by atoms with Crippen LogP contribution in [-0.4, -0.2) is 29.0 Å². The van der Waals surface area contributed by atoms with E-state index in [0.29, 0.717) is 0 Å². The van der Waals surface area contributed by atoms with Gasteiger partial charge in [0.15, 0.2) is 0 Å². The van der Waals surface area contributed by atoms with E-state index < -0.39 is 11.6 Å². The van der Waals surface area contributed by atoms with Crippen LogP contribution in [0.25, 0.3) is 0 Å². The quantitative estimate of drug-likeness (QED) is 0.867. The van der Waals surface area contributed by atoms with Gasteiger partial charge in [0.25, 0.3) is 0 Å². The lowest BCUT2D eigenvalue weighted by atomic mass is 9.98. The second kappa shape index (κ2) is 6.56. The van der Waals surface area contributed by atoms with Crippen LogP contribution in [0.15, 0.2) is 5.38 Å². The number of carbonyl (C=O) groups excluding carboxylic acids is 2. The molecule has 0 unspecified atom stereocenters. The third-order valence-electron chi connectivity index (χ3n) is 2.38. The predicted octanol–water partition coefficient (Wildman–Crippen LogP) is 2.44. The molecule has 1 rings (SSSR count). The zero-order valence-electron chi connectivity index (χ0n) is 13.6. The first-order chi connectivity index (χ1) is 9.47. The van der Waals surface area contributed by atoms with E-state index in [1.54, 1.807) is 32.1 Å². The molecule has 5 nitrogen and oxygen atoms in total. The highest BCUT2D eigenvalue weighted by Gasteiger charge is 2.19. The Kier molecular flexibility index (Phi) is 5.50. The van der Waals surface area contributed by atoms with E-state index in [-0.39, 0.29) is 24.3 Å². The minimum absolute atomic E-state index is 0.0179. The van der Waals surface area contributed by atoms with Gasteiger partial charge < -0.3 is 10.1 Å². The Bertz CT molecular complexity index is 510. The Hall–Kier alpha value is -1.43. The van der Waals surface area contributed by atoms with Gasteiger partial charge in [0, 0.05) is 10.8 Å². The van der Waals surface area contributed by atoms with E-state index in [0.717, 1.165) is 10.7 Å². The molecule has 0 aromatic carbocycles. The summed E-state index contributed by atoms with van der Waals surface area (Å²) in [5, 5.41) is 5.43. The molecule has 0 aliphatic rings. The van der Waals surface area contributed by atoms with Crippen LogP contribution in [0.1, 0.15) is 52.2 Å². The van der Waals surface area contributed by atoms with E-state index in [2.05, 4.69) is 31.1 Å². The largest absolute Gasteiger partial charge is 0.459 e. The van der Waals surface area contributed by atoms with E-state index in [9.17, 15) is 9.59 Å². The number of rotatable bonds is 4. The van der Waals surface area contributed by atoms with E-state index in [1.807, 2.05) is 5.38 Å². The van der Waals surface area contributed by atoms with Gasteiger partial charge in [0.05, 0.1) is 17.1 Å². The molecule has 21 heavy (non-hydrogen) atoms. The van der Waals surface area contributed by atoms with Crippen LogP contribution in [0.2, 0.25) is 0 Å². The SMILES string of the molecule is CC(C)(C)OC(=O)CNC(=O)Cc1csc(C(C)(C)C)n1. The number of carbonyl (C=O) groups is 2. The second-order valence-corrected chi connectivity index (χ2v) is 7.79. The molecule has 0 saturated carbocycles. The first kappa shape index (κ1) is 17.6. The van der Waals surface area contributed by atoms with Crippen molar-refractivity contribution in [3.8, 4) is 0 Å². The van der Waals surface area contributed by atoms with Crippen molar-refractivity contribution in [3.05, 3.63) is 16.1 Å². The van der Waals surface area contributed by atoms with Crippen molar-refractivity contribution in [1.29, 1.82) is 0 Å². The van der Waals surface area contributed by atoms with Gasteiger partial charge in [-0.2, -0.15) is 0 Å². The van der Waals surface area contributed by atoms with Gasteiger partial charge >= 0.3 is 5.97 Å². The van der Waals surface area contributed by atoms with Crippen molar-refractivity contribution >= 4 is 23.2 Å². The standard InChI is InChI=1S/C15H24N2O3S/c1-14(2,3)13-17-10(9-21-13)7-11(18)16-8-12(19)20-15(4,5)6/h9H,7-8H2,1-6H3,(H,16,18). The van der Waals surface area contributed by atoms with Gasteiger partial charge in [0.1, 0.15) is 12.1 Å². The Morgan fingerprint density at radius 1 is 1.24 bits per heavy atom. The topological polar surface area (TPSA) is 68.3 Å². The molecule has 1 heterocycles. The van der Waals surface area contributed by atoms with Crippen LogP contribution >= 0.6 is 11.3 Å². The van der Waals surface area contributed by atoms with Crippen LogP contribution in [0.4, 0.5) is 0 Å². The van der Waals surface area contributed by atoms with E-state index in [1.165, 1.54) is 0 Å². The fourth-order valence-corrected chi connectivity index (χ4v) is 2.42. The van der Waals surface area contributed by atoms with Gasteiger partial charge in [-0.25, -0.2) is 4.98 Å². The average molecular weight is 312 g/mol. The number of hydrogen-bond acceptors (Lipinski definition) is 5. The minimum atomic E-state index is -0.543. The highest BCUT2D eigenvalue weighted by Crippen LogP contribution is 2.25. The highest BCUT2D eigenvalue weighted by atomic mass is 32.1. The van der Waals surface area contributed by atoms with Gasteiger partial charge in [-0.05, 0) is 20.8 Å². The smallest absolute Gasteiger partial charge is 0.325 e. The average Bonchev–Trinajstić information content (AvgIpc) is 2.72. The van der Waals surface area contributed by atoms with Crippen molar-refractivity contribution in [2.75, 3.05) is 6.54 Å². The molecule has 1 N–H and O–H groups in total. The molecule has 0 aliphatic carbocycles. The second-order valence-electron chi connectivity index (χ2n) is 6.93. The summed E-state index contributed by atoms with van der Waals surface area (Å²) in [6.45, 7) is 11.5. The summed E-state index contributed by atoms with van der Waals surface area (Å²) in [7, 11) is 0. The summed E-state index contributed by atoms with van der Waals surface area (Å²) in [4.78, 5) is 27.7. The lowest BCUT2D eigenvalue weighted by Crippen LogP contribution is -2.35. The molecular formula is C15H24N2O3S. The van der Waals surface area contributed by atoms with Crippen LogP contribution in [0.3, 0.4) is 0 Å². The first-order valence-electron chi connectivity index (χ1n) is 6.91. The third kappa shape index (κ3) is 6.71. The maximum Gasteiger partial charge on any atom is 0.325 e. The molecule has 0 atom stereocenters. The molecule has 1 aromatic rings. The summed E-state index contributed by atoms with van der Waals surface area (Å²) in [6, 6.07) is 0. The molecule has 6 heteroatoms. The Morgan fingerprint density at radius 2 is 1.86 bits per heavy atom. The number of nitrogens with zero attached hydrogens (tertiary/aromatic N) is 1. The summed E-state index contributed by atoms with van der Waals surface area (Å²) in [5.41, 5.74) is 0.167. The van der Waals surface area contributed by atoms with Crippen molar-refractivity contribution in [2.24, 2.45) is 0 Å². The Morgan fingerprint density at radius 3 is 2.33 bits per heavy atom. The fourth-order valence-electron chi connectivity index (χ4n) is 1.51. The Balaban J connectivity index is 2.44. The van der Waals surface area contributed by atoms with E-state index >= 15 is 0 Å².